The number of ether oxygens (including phenoxy) is 7. The minimum atomic E-state index is -1.13. The lowest BCUT2D eigenvalue weighted by molar-refractivity contribution is -0.214. The fourth-order valence-electron chi connectivity index (χ4n) is 5.13. The van der Waals surface area contributed by atoms with E-state index in [1.165, 1.54) is 7.11 Å². The average Bonchev–Trinajstić information content (AvgIpc) is 3.23. The van der Waals surface area contributed by atoms with Gasteiger partial charge in [0.05, 0.1) is 12.2 Å². The average molecular weight is 517 g/mol. The van der Waals surface area contributed by atoms with E-state index in [9.17, 15) is 15.0 Å². The molecule has 6 unspecified atom stereocenters. The molecule has 0 amide bonds. The third-order valence-electron chi connectivity index (χ3n) is 6.52. The van der Waals surface area contributed by atoms with Gasteiger partial charge in [-0.2, -0.15) is 0 Å². The number of carbonyl (C=O) groups is 1. The lowest BCUT2D eigenvalue weighted by atomic mass is 9.86. The third kappa shape index (κ3) is 6.73. The van der Waals surface area contributed by atoms with Crippen LogP contribution in [0.5, 0.6) is 0 Å². The number of aliphatic hydroxyl groups excluding tert-OH is 1. The molecule has 10 heteroatoms. The standard InChI is InChI=1S/C13H20O5.C13H24O5/c1-6-7-13(4)10(15-5)8-9(11(14)18-13)17-12(2,3)16-8;1-6-7-13(4,15)11(16-5)10-9(8-14)17-12(2,3)18-10/h6,8-10H,1,7H2,2-5H3;6,9-11,14-15H,1,7-8H2,2-5H3/t8?,9?,10?,13-;9?,10?,11?,13-/m00/s1. The molecule has 0 aromatic heterocycles. The molecular weight excluding hydrogens is 472 g/mol. The van der Waals surface area contributed by atoms with Crippen molar-refractivity contribution >= 4 is 5.97 Å². The molecule has 0 aromatic carbocycles. The van der Waals surface area contributed by atoms with Gasteiger partial charge in [-0.1, -0.05) is 12.2 Å². The normalized spacial score (nSPS) is 37.1. The second-order valence-corrected chi connectivity index (χ2v) is 10.7. The van der Waals surface area contributed by atoms with Gasteiger partial charge in [0.25, 0.3) is 0 Å². The van der Waals surface area contributed by atoms with Crippen LogP contribution < -0.4 is 0 Å². The monoisotopic (exact) mass is 516 g/mol. The molecule has 0 radical (unpaired) electrons. The molecule has 3 heterocycles. The van der Waals surface area contributed by atoms with Crippen LogP contribution in [0, 0.1) is 0 Å². The number of fused-ring (bicyclic) bond motifs is 1. The van der Waals surface area contributed by atoms with E-state index in [0.717, 1.165) is 0 Å². The van der Waals surface area contributed by atoms with Crippen molar-refractivity contribution in [3.63, 3.8) is 0 Å². The van der Waals surface area contributed by atoms with E-state index in [2.05, 4.69) is 13.2 Å². The first-order chi connectivity index (χ1) is 16.6. The molecule has 0 saturated carbocycles. The summed E-state index contributed by atoms with van der Waals surface area (Å²) in [5.74, 6) is -1.99. The minimum absolute atomic E-state index is 0.182. The summed E-state index contributed by atoms with van der Waals surface area (Å²) in [6.07, 6.45) is 1.02. The van der Waals surface area contributed by atoms with Gasteiger partial charge in [-0.15, -0.1) is 13.2 Å². The van der Waals surface area contributed by atoms with Crippen molar-refractivity contribution in [3.05, 3.63) is 25.3 Å². The molecule has 36 heavy (non-hydrogen) atoms. The zero-order valence-corrected chi connectivity index (χ0v) is 22.8. The maximum absolute atomic E-state index is 12.0. The van der Waals surface area contributed by atoms with Crippen molar-refractivity contribution in [2.75, 3.05) is 20.8 Å². The number of esters is 1. The number of carbonyl (C=O) groups excluding carboxylic acids is 1. The highest BCUT2D eigenvalue weighted by molar-refractivity contribution is 5.77. The first kappa shape index (κ1) is 30.9. The molecule has 208 valence electrons. The zero-order valence-electron chi connectivity index (χ0n) is 22.8. The number of hydrogen-bond acceptors (Lipinski definition) is 10. The summed E-state index contributed by atoms with van der Waals surface area (Å²) < 4.78 is 39.0. The second kappa shape index (κ2) is 11.6. The van der Waals surface area contributed by atoms with Crippen LogP contribution in [-0.4, -0.2) is 96.4 Å². The Hall–Kier alpha value is -1.37. The van der Waals surface area contributed by atoms with E-state index in [-0.39, 0.29) is 12.7 Å². The van der Waals surface area contributed by atoms with Crippen molar-refractivity contribution < 1.29 is 48.2 Å². The summed E-state index contributed by atoms with van der Waals surface area (Å²) >= 11 is 0. The first-order valence-electron chi connectivity index (χ1n) is 12.1. The third-order valence-corrected chi connectivity index (χ3v) is 6.52. The zero-order chi connectivity index (χ0) is 27.5. The van der Waals surface area contributed by atoms with Gasteiger partial charge in [0.15, 0.2) is 17.7 Å². The fourth-order valence-corrected chi connectivity index (χ4v) is 5.13. The SMILES string of the molecule is C=CC[C@](C)(O)C(OC)C1OC(C)(C)OC1CO.C=CC[C@]1(C)OC(=O)C2OC(C)(C)OC2C1OC. The van der Waals surface area contributed by atoms with Crippen LogP contribution in [0.2, 0.25) is 0 Å². The van der Waals surface area contributed by atoms with E-state index in [1.54, 1.807) is 53.9 Å². The summed E-state index contributed by atoms with van der Waals surface area (Å²) in [5, 5.41) is 19.8. The lowest BCUT2D eigenvalue weighted by Gasteiger charge is -2.43. The molecule has 0 spiro atoms. The summed E-state index contributed by atoms with van der Waals surface area (Å²) in [6, 6.07) is 0. The lowest BCUT2D eigenvalue weighted by Crippen LogP contribution is -2.61. The molecule has 0 aliphatic carbocycles. The Labute approximate surface area is 214 Å². The largest absolute Gasteiger partial charge is 0.454 e. The smallest absolute Gasteiger partial charge is 0.338 e. The number of cyclic esters (lactones) is 1. The quantitative estimate of drug-likeness (QED) is 0.348. The highest BCUT2D eigenvalue weighted by Crippen LogP contribution is 2.41. The minimum Gasteiger partial charge on any atom is -0.454 e. The maximum atomic E-state index is 12.0. The number of aliphatic hydroxyl groups is 2. The molecule has 2 N–H and O–H groups in total. The van der Waals surface area contributed by atoms with E-state index >= 15 is 0 Å². The molecule has 8 atom stereocenters. The Morgan fingerprint density at radius 3 is 2.17 bits per heavy atom. The van der Waals surface area contributed by atoms with Crippen molar-refractivity contribution in [1.29, 1.82) is 0 Å². The van der Waals surface area contributed by atoms with Gasteiger partial charge >= 0.3 is 5.97 Å². The van der Waals surface area contributed by atoms with E-state index < -0.39 is 59.3 Å². The van der Waals surface area contributed by atoms with Gasteiger partial charge in [-0.3, -0.25) is 0 Å². The van der Waals surface area contributed by atoms with Crippen LogP contribution >= 0.6 is 0 Å². The molecule has 3 aliphatic heterocycles. The van der Waals surface area contributed by atoms with Gasteiger partial charge in [-0.05, 0) is 48.0 Å². The van der Waals surface area contributed by atoms with Crippen molar-refractivity contribution in [2.45, 2.75) is 114 Å². The number of rotatable bonds is 9. The van der Waals surface area contributed by atoms with Crippen molar-refractivity contribution in [3.8, 4) is 0 Å². The molecule has 3 fully saturated rings. The fraction of sp³-hybridized carbons (Fsp3) is 0.808. The van der Waals surface area contributed by atoms with E-state index in [0.29, 0.717) is 12.8 Å². The molecule has 3 saturated heterocycles. The summed E-state index contributed by atoms with van der Waals surface area (Å²) in [7, 11) is 3.09. The van der Waals surface area contributed by atoms with Crippen LogP contribution in [0.25, 0.3) is 0 Å². The molecular formula is C26H44O10. The van der Waals surface area contributed by atoms with Gasteiger partial charge in [0.2, 0.25) is 0 Å². The Balaban J connectivity index is 0.000000254. The molecule has 10 nitrogen and oxygen atoms in total. The Morgan fingerprint density at radius 1 is 1.06 bits per heavy atom. The highest BCUT2D eigenvalue weighted by Gasteiger charge is 2.60. The first-order valence-corrected chi connectivity index (χ1v) is 12.1. The molecule has 0 bridgehead atoms. The van der Waals surface area contributed by atoms with Crippen LogP contribution in [0.1, 0.15) is 54.4 Å². The van der Waals surface area contributed by atoms with Gasteiger partial charge in [0.1, 0.15) is 36.1 Å². The second-order valence-electron chi connectivity index (χ2n) is 10.7. The molecule has 3 rings (SSSR count). The van der Waals surface area contributed by atoms with E-state index in [4.69, 9.17) is 33.2 Å². The summed E-state index contributed by atoms with van der Waals surface area (Å²) in [5.41, 5.74) is -1.89. The highest BCUT2D eigenvalue weighted by atomic mass is 16.8. The Morgan fingerprint density at radius 2 is 1.67 bits per heavy atom. The van der Waals surface area contributed by atoms with Gasteiger partial charge in [0, 0.05) is 20.6 Å². The van der Waals surface area contributed by atoms with Crippen LogP contribution in [0.15, 0.2) is 25.3 Å². The van der Waals surface area contributed by atoms with Crippen LogP contribution in [0.3, 0.4) is 0 Å². The van der Waals surface area contributed by atoms with Crippen molar-refractivity contribution in [2.24, 2.45) is 0 Å². The predicted molar refractivity (Wildman–Crippen MR) is 131 cm³/mol. The van der Waals surface area contributed by atoms with Crippen molar-refractivity contribution in [1.82, 2.24) is 0 Å². The predicted octanol–water partition coefficient (Wildman–Crippen LogP) is 2.25. The van der Waals surface area contributed by atoms with Gasteiger partial charge in [-0.25, -0.2) is 4.79 Å². The number of methoxy groups -OCH3 is 2. The molecule has 0 aromatic rings. The Kier molecular flexibility index (Phi) is 9.92. The summed E-state index contributed by atoms with van der Waals surface area (Å²) in [4.78, 5) is 12.0. The van der Waals surface area contributed by atoms with Gasteiger partial charge < -0.3 is 43.4 Å². The van der Waals surface area contributed by atoms with Crippen LogP contribution in [0.4, 0.5) is 0 Å². The topological polar surface area (TPSA) is 122 Å². The maximum Gasteiger partial charge on any atom is 0.338 e. The summed E-state index contributed by atoms with van der Waals surface area (Å²) in [6.45, 7) is 17.7. The number of hydrogen-bond donors (Lipinski definition) is 2. The Bertz CT molecular complexity index is 779. The van der Waals surface area contributed by atoms with Crippen LogP contribution in [-0.2, 0) is 38.0 Å². The van der Waals surface area contributed by atoms with E-state index in [1.807, 2.05) is 6.92 Å². The molecule has 3 aliphatic rings.